The van der Waals surface area contributed by atoms with E-state index in [1.165, 1.54) is 23.5 Å². The van der Waals surface area contributed by atoms with E-state index in [9.17, 15) is 23.1 Å². The SMILES string of the molecule is O=C(c1cc2nc(-c3ccc(Cl)s3)cc(C(F)(F)F)n2n1)N1N=C(c2ccc(Br)s2)C[C@@H]1c1cc(Br)ccc1O. The van der Waals surface area contributed by atoms with Gasteiger partial charge in [0, 0.05) is 22.5 Å². The number of benzene rings is 1. The lowest BCUT2D eigenvalue weighted by molar-refractivity contribution is -0.142. The molecule has 1 aliphatic heterocycles. The highest BCUT2D eigenvalue weighted by Crippen LogP contribution is 2.41. The van der Waals surface area contributed by atoms with Gasteiger partial charge in [-0.05, 0) is 64.5 Å². The minimum Gasteiger partial charge on any atom is -0.508 e. The second kappa shape index (κ2) is 10.2. The summed E-state index contributed by atoms with van der Waals surface area (Å²) in [7, 11) is 0. The number of aromatic nitrogens is 3. The van der Waals surface area contributed by atoms with E-state index < -0.39 is 23.8 Å². The number of nitrogens with zero attached hydrogens (tertiary/aromatic N) is 5. The van der Waals surface area contributed by atoms with E-state index in [4.69, 9.17) is 11.6 Å². The number of thiophene rings is 2. The lowest BCUT2D eigenvalue weighted by Gasteiger charge is -2.22. The molecule has 40 heavy (non-hydrogen) atoms. The van der Waals surface area contributed by atoms with Crippen LogP contribution in [0.15, 0.2) is 68.0 Å². The maximum Gasteiger partial charge on any atom is 0.433 e. The molecule has 0 saturated carbocycles. The minimum atomic E-state index is -4.78. The van der Waals surface area contributed by atoms with Crippen molar-refractivity contribution in [3.8, 4) is 16.3 Å². The Hall–Kier alpha value is -2.78. The van der Waals surface area contributed by atoms with Gasteiger partial charge in [-0.15, -0.1) is 22.7 Å². The van der Waals surface area contributed by atoms with Crippen molar-refractivity contribution in [3.05, 3.63) is 89.0 Å². The van der Waals surface area contributed by atoms with Crippen LogP contribution >= 0.6 is 66.1 Å². The standard InChI is InChI=1S/C25H13Br2ClF3N5O2S2/c26-11-1-2-17(37)12(7-11)16-8-14(19-3-5-21(27)39-19)33-35(16)24(38)15-10-23-32-13(18-4-6-22(28)40-18)9-20(25(29,30)31)36(23)34-15/h1-7,9-10,16,37H,8H2/t16-/m1/s1. The van der Waals surface area contributed by atoms with Crippen molar-refractivity contribution >= 4 is 83.4 Å². The number of hydrazone groups is 1. The Balaban J connectivity index is 1.47. The number of hydrogen-bond donors (Lipinski definition) is 1. The van der Waals surface area contributed by atoms with Crippen LogP contribution in [0.25, 0.3) is 16.2 Å². The second-order valence-electron chi connectivity index (χ2n) is 8.65. The zero-order chi connectivity index (χ0) is 28.3. The Labute approximate surface area is 253 Å². The third-order valence-corrected chi connectivity index (χ3v) is 9.51. The summed E-state index contributed by atoms with van der Waals surface area (Å²) in [5.41, 5.74) is -0.472. The molecule has 5 aromatic rings. The number of carbonyl (C=O) groups excluding carboxylic acids is 1. The van der Waals surface area contributed by atoms with Gasteiger partial charge in [0.2, 0.25) is 0 Å². The number of halogens is 6. The van der Waals surface area contributed by atoms with Crippen LogP contribution in [0.5, 0.6) is 5.75 Å². The zero-order valence-electron chi connectivity index (χ0n) is 19.7. The Kier molecular flexibility index (Phi) is 7.02. The molecule has 7 nitrogen and oxygen atoms in total. The first-order valence-electron chi connectivity index (χ1n) is 11.4. The van der Waals surface area contributed by atoms with E-state index in [1.807, 2.05) is 12.1 Å². The van der Waals surface area contributed by atoms with Crippen LogP contribution in [0.2, 0.25) is 4.34 Å². The number of phenolic OH excluding ortho intramolecular Hbond substituents is 1. The molecule has 1 atom stereocenters. The molecule has 1 aliphatic rings. The van der Waals surface area contributed by atoms with Gasteiger partial charge in [0.1, 0.15) is 5.75 Å². The molecule has 1 amide bonds. The van der Waals surface area contributed by atoms with Crippen LogP contribution in [0.3, 0.4) is 0 Å². The monoisotopic (exact) mass is 729 g/mol. The van der Waals surface area contributed by atoms with Crippen molar-refractivity contribution in [2.24, 2.45) is 5.10 Å². The molecule has 5 heterocycles. The third kappa shape index (κ3) is 5.07. The molecule has 0 fully saturated rings. The van der Waals surface area contributed by atoms with Crippen LogP contribution in [-0.2, 0) is 6.18 Å². The predicted octanol–water partition coefficient (Wildman–Crippen LogP) is 8.41. The van der Waals surface area contributed by atoms with Gasteiger partial charge in [0.25, 0.3) is 5.91 Å². The first-order valence-corrected chi connectivity index (χ1v) is 15.0. The number of alkyl halides is 3. The number of carbonyl (C=O) groups is 1. The van der Waals surface area contributed by atoms with Gasteiger partial charge < -0.3 is 5.11 Å². The fourth-order valence-electron chi connectivity index (χ4n) is 4.33. The number of rotatable bonds is 4. The van der Waals surface area contributed by atoms with E-state index in [-0.39, 0.29) is 29.2 Å². The number of fused-ring (bicyclic) bond motifs is 1. The van der Waals surface area contributed by atoms with Gasteiger partial charge >= 0.3 is 6.18 Å². The Morgan fingerprint density at radius 2 is 1.82 bits per heavy atom. The van der Waals surface area contributed by atoms with Gasteiger partial charge in [0.05, 0.1) is 35.3 Å². The average Bonchev–Trinajstić information content (AvgIpc) is 3.69. The van der Waals surface area contributed by atoms with Crippen molar-refractivity contribution in [2.45, 2.75) is 18.6 Å². The summed E-state index contributed by atoms with van der Waals surface area (Å²) in [6.07, 6.45) is -4.51. The summed E-state index contributed by atoms with van der Waals surface area (Å²) in [6.45, 7) is 0. The quantitative estimate of drug-likeness (QED) is 0.201. The molecule has 0 spiro atoms. The summed E-state index contributed by atoms with van der Waals surface area (Å²) >= 11 is 15.3. The zero-order valence-corrected chi connectivity index (χ0v) is 25.2. The summed E-state index contributed by atoms with van der Waals surface area (Å²) < 4.78 is 44.8. The molecule has 0 radical (unpaired) electrons. The largest absolute Gasteiger partial charge is 0.508 e. The summed E-state index contributed by atoms with van der Waals surface area (Å²) in [5, 5.41) is 20.3. The van der Waals surface area contributed by atoms with E-state index >= 15 is 0 Å². The topological polar surface area (TPSA) is 83.1 Å². The van der Waals surface area contributed by atoms with Crippen molar-refractivity contribution in [3.63, 3.8) is 0 Å². The molecule has 0 aliphatic carbocycles. The lowest BCUT2D eigenvalue weighted by atomic mass is 10.00. The van der Waals surface area contributed by atoms with Gasteiger partial charge in [0.15, 0.2) is 17.0 Å². The molecule has 4 aromatic heterocycles. The van der Waals surface area contributed by atoms with Gasteiger partial charge in [-0.25, -0.2) is 14.5 Å². The third-order valence-electron chi connectivity index (χ3n) is 6.09. The molecular weight excluding hydrogens is 719 g/mol. The van der Waals surface area contributed by atoms with Crippen LogP contribution < -0.4 is 0 Å². The van der Waals surface area contributed by atoms with E-state index in [0.717, 1.165) is 31.1 Å². The maximum atomic E-state index is 14.1. The first-order chi connectivity index (χ1) is 19.0. The fourth-order valence-corrected chi connectivity index (χ4v) is 7.09. The van der Waals surface area contributed by atoms with E-state index in [0.29, 0.717) is 29.5 Å². The number of amides is 1. The molecule has 6 rings (SSSR count). The normalized spacial score (nSPS) is 15.7. The molecule has 0 unspecified atom stereocenters. The van der Waals surface area contributed by atoms with Crippen LogP contribution in [0.1, 0.15) is 39.1 Å². The molecule has 15 heteroatoms. The summed E-state index contributed by atoms with van der Waals surface area (Å²) in [6, 6.07) is 13.0. The fraction of sp³-hybridized carbons (Fsp3) is 0.120. The highest BCUT2D eigenvalue weighted by Gasteiger charge is 2.39. The number of aromatic hydroxyl groups is 1. The van der Waals surface area contributed by atoms with Gasteiger partial charge in [-0.2, -0.15) is 23.4 Å². The maximum absolute atomic E-state index is 14.1. The van der Waals surface area contributed by atoms with Crippen LogP contribution in [-0.4, -0.2) is 36.3 Å². The molecule has 0 saturated heterocycles. The minimum absolute atomic E-state index is 0.0508. The molecule has 204 valence electrons. The molecular formula is C25H13Br2ClF3N5O2S2. The van der Waals surface area contributed by atoms with Crippen molar-refractivity contribution in [2.75, 3.05) is 0 Å². The Morgan fingerprint density at radius 3 is 2.50 bits per heavy atom. The summed E-state index contributed by atoms with van der Waals surface area (Å²) in [4.78, 5) is 19.4. The molecule has 0 bridgehead atoms. The van der Waals surface area contributed by atoms with Gasteiger partial charge in [-0.1, -0.05) is 27.5 Å². The smallest absolute Gasteiger partial charge is 0.433 e. The Bertz CT molecular complexity index is 1830. The molecule has 1 aromatic carbocycles. The number of phenols is 1. The van der Waals surface area contributed by atoms with Crippen molar-refractivity contribution in [1.82, 2.24) is 19.6 Å². The average molecular weight is 732 g/mol. The lowest BCUT2D eigenvalue weighted by Crippen LogP contribution is -2.27. The predicted molar refractivity (Wildman–Crippen MR) is 154 cm³/mol. The highest BCUT2D eigenvalue weighted by molar-refractivity contribution is 9.11. The second-order valence-corrected chi connectivity index (χ2v) is 13.7. The summed E-state index contributed by atoms with van der Waals surface area (Å²) in [5.74, 6) is -0.792. The molecule has 1 N–H and O–H groups in total. The van der Waals surface area contributed by atoms with Crippen molar-refractivity contribution < 1.29 is 23.1 Å². The Morgan fingerprint density at radius 1 is 1.05 bits per heavy atom. The highest BCUT2D eigenvalue weighted by atomic mass is 79.9. The van der Waals surface area contributed by atoms with Gasteiger partial charge in [-0.3, -0.25) is 4.79 Å². The van der Waals surface area contributed by atoms with Crippen LogP contribution in [0, 0.1) is 0 Å². The van der Waals surface area contributed by atoms with E-state index in [2.05, 4.69) is 47.0 Å². The number of hydrogen-bond acceptors (Lipinski definition) is 7. The van der Waals surface area contributed by atoms with Crippen LogP contribution in [0.4, 0.5) is 13.2 Å². The first kappa shape index (κ1) is 27.4. The van der Waals surface area contributed by atoms with Crippen molar-refractivity contribution in [1.29, 1.82) is 0 Å². The van der Waals surface area contributed by atoms with E-state index in [1.54, 1.807) is 24.3 Å².